The van der Waals surface area contributed by atoms with E-state index in [0.717, 1.165) is 30.8 Å². The molecule has 0 amide bonds. The Bertz CT molecular complexity index is 451. The van der Waals surface area contributed by atoms with Gasteiger partial charge in [0, 0.05) is 11.8 Å². The van der Waals surface area contributed by atoms with E-state index in [9.17, 15) is 5.11 Å². The van der Waals surface area contributed by atoms with E-state index in [4.69, 9.17) is 9.47 Å². The molecular weight excluding hydrogens is 252 g/mol. The summed E-state index contributed by atoms with van der Waals surface area (Å²) in [5, 5.41) is 10.2. The average Bonchev–Trinajstić information content (AvgIpc) is 2.50. The lowest BCUT2D eigenvalue weighted by atomic mass is 9.56. The van der Waals surface area contributed by atoms with E-state index < -0.39 is 0 Å². The van der Waals surface area contributed by atoms with Crippen LogP contribution < -0.4 is 9.47 Å². The number of ether oxygens (including phenoxy) is 2. The van der Waals surface area contributed by atoms with Crippen molar-refractivity contribution in [3.8, 4) is 11.5 Å². The highest BCUT2D eigenvalue weighted by Crippen LogP contribution is 2.53. The van der Waals surface area contributed by atoms with E-state index >= 15 is 0 Å². The van der Waals surface area contributed by atoms with Crippen LogP contribution in [0.3, 0.4) is 0 Å². The maximum absolute atomic E-state index is 10.2. The number of benzene rings is 1. The Balaban J connectivity index is 1.75. The summed E-state index contributed by atoms with van der Waals surface area (Å²) < 4.78 is 11.8. The Labute approximate surface area is 120 Å². The van der Waals surface area contributed by atoms with Gasteiger partial charge in [-0.25, -0.2) is 0 Å². The molecule has 2 unspecified atom stereocenters. The summed E-state index contributed by atoms with van der Waals surface area (Å²) in [6, 6.07) is 7.85. The standard InChI is InChI=1S/C17H24O3/c1-2-19-13-8-4-5-9-14(13)20-16-12-15(18)17(16)10-6-3-7-11-17/h4-5,8-9,15-16,18H,2-3,6-7,10-12H2,1H3. The van der Waals surface area contributed by atoms with E-state index in [1.54, 1.807) is 0 Å². The van der Waals surface area contributed by atoms with Crippen molar-refractivity contribution < 1.29 is 14.6 Å². The maximum atomic E-state index is 10.2. The van der Waals surface area contributed by atoms with Gasteiger partial charge in [0.05, 0.1) is 12.7 Å². The van der Waals surface area contributed by atoms with Crippen molar-refractivity contribution in [3.63, 3.8) is 0 Å². The molecule has 1 aromatic carbocycles. The first-order chi connectivity index (χ1) is 9.76. The number of aliphatic hydroxyl groups is 1. The van der Waals surface area contributed by atoms with Crippen LogP contribution in [0.4, 0.5) is 0 Å². The maximum Gasteiger partial charge on any atom is 0.161 e. The summed E-state index contributed by atoms with van der Waals surface area (Å²) in [4.78, 5) is 0. The van der Waals surface area contributed by atoms with E-state index in [2.05, 4.69) is 0 Å². The molecule has 1 N–H and O–H groups in total. The molecule has 0 bridgehead atoms. The molecule has 1 aromatic rings. The van der Waals surface area contributed by atoms with Crippen LogP contribution >= 0.6 is 0 Å². The second-order valence-electron chi connectivity index (χ2n) is 6.03. The van der Waals surface area contributed by atoms with Gasteiger partial charge in [-0.3, -0.25) is 0 Å². The van der Waals surface area contributed by atoms with Gasteiger partial charge in [-0.15, -0.1) is 0 Å². The molecular formula is C17H24O3. The van der Waals surface area contributed by atoms with Crippen LogP contribution in [0.1, 0.15) is 45.4 Å². The van der Waals surface area contributed by atoms with Gasteiger partial charge in [-0.05, 0) is 31.9 Å². The predicted molar refractivity (Wildman–Crippen MR) is 78.2 cm³/mol. The summed E-state index contributed by atoms with van der Waals surface area (Å²) in [5.74, 6) is 1.62. The van der Waals surface area contributed by atoms with Crippen molar-refractivity contribution in [1.29, 1.82) is 0 Å². The SMILES string of the molecule is CCOc1ccccc1OC1CC(O)C12CCCCC2. The molecule has 3 rings (SSSR count). The van der Waals surface area contributed by atoms with Crippen LogP contribution in [0.15, 0.2) is 24.3 Å². The zero-order chi connectivity index (χ0) is 14.0. The van der Waals surface area contributed by atoms with Gasteiger partial charge in [0.1, 0.15) is 6.10 Å². The normalized spacial score (nSPS) is 27.9. The minimum atomic E-state index is -0.188. The summed E-state index contributed by atoms with van der Waals surface area (Å²) in [6.07, 6.45) is 6.60. The largest absolute Gasteiger partial charge is 0.490 e. The Morgan fingerprint density at radius 2 is 1.85 bits per heavy atom. The van der Waals surface area contributed by atoms with Gasteiger partial charge in [-0.2, -0.15) is 0 Å². The van der Waals surface area contributed by atoms with E-state index in [-0.39, 0.29) is 17.6 Å². The molecule has 0 saturated heterocycles. The van der Waals surface area contributed by atoms with Crippen molar-refractivity contribution in [2.75, 3.05) is 6.61 Å². The number of hydrogen-bond donors (Lipinski definition) is 1. The fourth-order valence-corrected chi connectivity index (χ4v) is 3.73. The molecule has 2 aliphatic rings. The Kier molecular flexibility index (Phi) is 3.88. The Morgan fingerprint density at radius 3 is 2.50 bits per heavy atom. The monoisotopic (exact) mass is 276 g/mol. The molecule has 3 nitrogen and oxygen atoms in total. The van der Waals surface area contributed by atoms with Crippen molar-refractivity contribution >= 4 is 0 Å². The summed E-state index contributed by atoms with van der Waals surface area (Å²) >= 11 is 0. The summed E-state index contributed by atoms with van der Waals surface area (Å²) in [5.41, 5.74) is -0.00240. The van der Waals surface area contributed by atoms with Crippen LogP contribution in [0.2, 0.25) is 0 Å². The minimum absolute atomic E-state index is 0.00240. The smallest absolute Gasteiger partial charge is 0.161 e. The van der Waals surface area contributed by atoms with Crippen LogP contribution in [0, 0.1) is 5.41 Å². The zero-order valence-electron chi connectivity index (χ0n) is 12.2. The fourth-order valence-electron chi connectivity index (χ4n) is 3.73. The lowest BCUT2D eigenvalue weighted by molar-refractivity contribution is -0.172. The van der Waals surface area contributed by atoms with Gasteiger partial charge < -0.3 is 14.6 Å². The molecule has 2 saturated carbocycles. The van der Waals surface area contributed by atoms with E-state index in [0.29, 0.717) is 6.61 Å². The average molecular weight is 276 g/mol. The second kappa shape index (κ2) is 5.65. The number of rotatable bonds is 4. The molecule has 0 heterocycles. The third kappa shape index (κ3) is 2.28. The minimum Gasteiger partial charge on any atom is -0.490 e. The van der Waals surface area contributed by atoms with Gasteiger partial charge >= 0.3 is 0 Å². The topological polar surface area (TPSA) is 38.7 Å². The number of para-hydroxylation sites is 2. The predicted octanol–water partition coefficient (Wildman–Crippen LogP) is 3.55. The highest BCUT2D eigenvalue weighted by Gasteiger charge is 2.56. The van der Waals surface area contributed by atoms with Crippen LogP contribution in [-0.2, 0) is 0 Å². The van der Waals surface area contributed by atoms with Gasteiger partial charge in [0.25, 0.3) is 0 Å². The van der Waals surface area contributed by atoms with E-state index in [1.165, 1.54) is 19.3 Å². The number of hydrogen-bond acceptors (Lipinski definition) is 3. The third-order valence-corrected chi connectivity index (χ3v) is 4.94. The molecule has 20 heavy (non-hydrogen) atoms. The number of aliphatic hydroxyl groups excluding tert-OH is 1. The van der Waals surface area contributed by atoms with E-state index in [1.807, 2.05) is 31.2 Å². The lowest BCUT2D eigenvalue weighted by Gasteiger charge is -2.55. The molecule has 110 valence electrons. The first-order valence-electron chi connectivity index (χ1n) is 7.83. The highest BCUT2D eigenvalue weighted by atomic mass is 16.5. The molecule has 0 aromatic heterocycles. The lowest BCUT2D eigenvalue weighted by Crippen LogP contribution is -2.60. The molecule has 1 spiro atoms. The fraction of sp³-hybridized carbons (Fsp3) is 0.647. The van der Waals surface area contributed by atoms with Crippen molar-refractivity contribution in [3.05, 3.63) is 24.3 Å². The molecule has 3 heteroatoms. The van der Waals surface area contributed by atoms with Crippen LogP contribution in [0.5, 0.6) is 11.5 Å². The molecule has 2 aliphatic carbocycles. The van der Waals surface area contributed by atoms with Crippen LogP contribution in [-0.4, -0.2) is 23.9 Å². The van der Waals surface area contributed by atoms with Gasteiger partial charge in [-0.1, -0.05) is 31.4 Å². The third-order valence-electron chi connectivity index (χ3n) is 4.94. The molecule has 2 atom stereocenters. The molecule has 0 radical (unpaired) electrons. The molecule has 2 fully saturated rings. The molecule has 0 aliphatic heterocycles. The summed E-state index contributed by atoms with van der Waals surface area (Å²) in [7, 11) is 0. The highest BCUT2D eigenvalue weighted by molar-refractivity contribution is 5.40. The van der Waals surface area contributed by atoms with Crippen molar-refractivity contribution in [1.82, 2.24) is 0 Å². The Morgan fingerprint density at radius 1 is 1.15 bits per heavy atom. The van der Waals surface area contributed by atoms with Crippen molar-refractivity contribution in [2.45, 2.75) is 57.7 Å². The van der Waals surface area contributed by atoms with Crippen molar-refractivity contribution in [2.24, 2.45) is 5.41 Å². The zero-order valence-corrected chi connectivity index (χ0v) is 12.2. The first kappa shape index (κ1) is 13.7. The van der Waals surface area contributed by atoms with Gasteiger partial charge in [0.15, 0.2) is 11.5 Å². The Hall–Kier alpha value is -1.22. The van der Waals surface area contributed by atoms with Crippen LogP contribution in [0.25, 0.3) is 0 Å². The second-order valence-corrected chi connectivity index (χ2v) is 6.03. The first-order valence-corrected chi connectivity index (χ1v) is 7.83. The summed E-state index contributed by atoms with van der Waals surface area (Å²) in [6.45, 7) is 2.62. The quantitative estimate of drug-likeness (QED) is 0.914. The van der Waals surface area contributed by atoms with Gasteiger partial charge in [0.2, 0.25) is 0 Å².